The maximum Gasteiger partial charge on any atom is 0.326 e. The van der Waals surface area contributed by atoms with Crippen LogP contribution in [0.25, 0.3) is 0 Å². The fraction of sp³-hybridized carbons (Fsp3) is 0.929. The molecule has 0 radical (unpaired) electrons. The normalized spacial score (nSPS) is 33.1. The minimum Gasteiger partial charge on any atom is -0.465 e. The summed E-state index contributed by atoms with van der Waals surface area (Å²) in [5, 5.41) is 3.21. The summed E-state index contributed by atoms with van der Waals surface area (Å²) >= 11 is 0. The molecule has 2 unspecified atom stereocenters. The summed E-state index contributed by atoms with van der Waals surface area (Å²) in [6, 6.07) is 0.471. The summed E-state index contributed by atoms with van der Waals surface area (Å²) in [4.78, 5) is 14.6. The number of hydrogen-bond donors (Lipinski definition) is 1. The van der Waals surface area contributed by atoms with E-state index in [2.05, 4.69) is 10.2 Å². The molecule has 5 heteroatoms. The highest BCUT2D eigenvalue weighted by Crippen LogP contribution is 2.34. The third kappa shape index (κ3) is 3.27. The summed E-state index contributed by atoms with van der Waals surface area (Å²) in [5.74, 6) is -0.0916. The molecule has 0 aromatic rings. The van der Waals surface area contributed by atoms with Crippen LogP contribution in [0.3, 0.4) is 0 Å². The first kappa shape index (κ1) is 14.8. The topological polar surface area (TPSA) is 50.8 Å². The number of hydrogen-bond acceptors (Lipinski definition) is 5. The summed E-state index contributed by atoms with van der Waals surface area (Å²) in [7, 11) is 1.87. The van der Waals surface area contributed by atoms with Crippen molar-refractivity contribution in [2.75, 3.05) is 40.0 Å². The molecule has 0 bridgehead atoms. The van der Waals surface area contributed by atoms with E-state index in [0.29, 0.717) is 12.6 Å². The van der Waals surface area contributed by atoms with Crippen LogP contribution >= 0.6 is 0 Å². The molecular weight excluding hydrogens is 244 g/mol. The summed E-state index contributed by atoms with van der Waals surface area (Å²) in [6.07, 6.45) is 3.86. The molecule has 1 saturated heterocycles. The lowest BCUT2D eigenvalue weighted by Gasteiger charge is -2.30. The highest BCUT2D eigenvalue weighted by Gasteiger charge is 2.46. The van der Waals surface area contributed by atoms with Gasteiger partial charge in [-0.1, -0.05) is 0 Å². The van der Waals surface area contributed by atoms with Gasteiger partial charge in [-0.15, -0.1) is 0 Å². The highest BCUT2D eigenvalue weighted by molar-refractivity contribution is 5.81. The van der Waals surface area contributed by atoms with Crippen LogP contribution in [0.15, 0.2) is 0 Å². The predicted molar refractivity (Wildman–Crippen MR) is 73.1 cm³/mol. The van der Waals surface area contributed by atoms with E-state index >= 15 is 0 Å². The average Bonchev–Trinajstić information content (AvgIpc) is 2.68. The molecule has 1 N–H and O–H groups in total. The van der Waals surface area contributed by atoms with Gasteiger partial charge < -0.3 is 14.8 Å². The molecule has 2 aliphatic rings. The lowest BCUT2D eigenvalue weighted by Crippen LogP contribution is -2.50. The maximum atomic E-state index is 12.2. The number of carbonyl (C=O) groups excluding carboxylic acids is 1. The van der Waals surface area contributed by atoms with Crippen molar-refractivity contribution in [2.45, 2.75) is 44.2 Å². The summed E-state index contributed by atoms with van der Waals surface area (Å²) in [5.41, 5.74) is -0.478. The van der Waals surface area contributed by atoms with Gasteiger partial charge in [-0.3, -0.25) is 9.69 Å². The standard InChI is InChI=1S/C14H26N2O3/c1-3-19-13(17)14(15-2)6-5-12(11-14)16-7-4-9-18-10-8-16/h12,15H,3-11H2,1-2H3. The zero-order valence-electron chi connectivity index (χ0n) is 12.1. The van der Waals surface area contributed by atoms with Gasteiger partial charge in [-0.05, 0) is 39.7 Å². The molecule has 110 valence electrons. The molecule has 2 fully saturated rings. The van der Waals surface area contributed by atoms with Gasteiger partial charge in [0.15, 0.2) is 0 Å². The Morgan fingerprint density at radius 2 is 2.32 bits per heavy atom. The Morgan fingerprint density at radius 3 is 3.05 bits per heavy atom. The highest BCUT2D eigenvalue weighted by atomic mass is 16.5. The van der Waals surface area contributed by atoms with Crippen molar-refractivity contribution in [3.8, 4) is 0 Å². The van der Waals surface area contributed by atoms with E-state index in [-0.39, 0.29) is 5.97 Å². The maximum absolute atomic E-state index is 12.2. The second kappa shape index (κ2) is 6.68. The Morgan fingerprint density at radius 1 is 1.47 bits per heavy atom. The van der Waals surface area contributed by atoms with Crippen LogP contribution < -0.4 is 5.32 Å². The van der Waals surface area contributed by atoms with Crippen LogP contribution in [0.1, 0.15) is 32.6 Å². The van der Waals surface area contributed by atoms with Gasteiger partial charge in [0.25, 0.3) is 0 Å². The fourth-order valence-corrected chi connectivity index (χ4v) is 3.25. The quantitative estimate of drug-likeness (QED) is 0.765. The molecule has 0 aromatic heterocycles. The van der Waals surface area contributed by atoms with Crippen molar-refractivity contribution < 1.29 is 14.3 Å². The fourth-order valence-electron chi connectivity index (χ4n) is 3.25. The van der Waals surface area contributed by atoms with Crippen LogP contribution in [-0.2, 0) is 14.3 Å². The van der Waals surface area contributed by atoms with Crippen molar-refractivity contribution in [1.29, 1.82) is 0 Å². The number of ether oxygens (including phenoxy) is 2. The van der Waals surface area contributed by atoms with Crippen LogP contribution in [0, 0.1) is 0 Å². The zero-order valence-corrected chi connectivity index (χ0v) is 12.1. The van der Waals surface area contributed by atoms with Gasteiger partial charge in [-0.2, -0.15) is 0 Å². The molecule has 1 aliphatic carbocycles. The van der Waals surface area contributed by atoms with Crippen molar-refractivity contribution in [3.63, 3.8) is 0 Å². The molecule has 2 atom stereocenters. The Bertz CT molecular complexity index is 303. The number of likely N-dealkylation sites (N-methyl/N-ethyl adjacent to an activating group) is 1. The summed E-state index contributed by atoms with van der Waals surface area (Å²) in [6.45, 7) is 6.03. The molecule has 2 rings (SSSR count). The zero-order chi connectivity index (χ0) is 13.7. The van der Waals surface area contributed by atoms with Crippen molar-refractivity contribution in [3.05, 3.63) is 0 Å². The molecule has 0 aromatic carbocycles. The number of nitrogens with zero attached hydrogens (tertiary/aromatic N) is 1. The summed E-state index contributed by atoms with van der Waals surface area (Å²) < 4.78 is 10.7. The Hall–Kier alpha value is -0.650. The third-order valence-corrected chi connectivity index (χ3v) is 4.41. The molecule has 5 nitrogen and oxygen atoms in total. The molecule has 1 heterocycles. The van der Waals surface area contributed by atoms with Crippen molar-refractivity contribution in [2.24, 2.45) is 0 Å². The van der Waals surface area contributed by atoms with E-state index in [1.807, 2.05) is 14.0 Å². The molecule has 1 saturated carbocycles. The lowest BCUT2D eigenvalue weighted by atomic mass is 9.97. The molecule has 0 amide bonds. The lowest BCUT2D eigenvalue weighted by molar-refractivity contribution is -0.151. The second-order valence-electron chi connectivity index (χ2n) is 5.45. The monoisotopic (exact) mass is 270 g/mol. The Kier molecular flexibility index (Phi) is 5.19. The van der Waals surface area contributed by atoms with Crippen LogP contribution in [0.4, 0.5) is 0 Å². The number of esters is 1. The third-order valence-electron chi connectivity index (χ3n) is 4.41. The largest absolute Gasteiger partial charge is 0.465 e. The first-order chi connectivity index (χ1) is 9.22. The molecule has 1 aliphatic heterocycles. The SMILES string of the molecule is CCOC(=O)C1(NC)CCC(N2CCCOCC2)C1. The molecule has 0 spiro atoms. The number of nitrogens with one attached hydrogen (secondary N) is 1. The van der Waals surface area contributed by atoms with Gasteiger partial charge in [0.1, 0.15) is 5.54 Å². The van der Waals surface area contributed by atoms with Gasteiger partial charge >= 0.3 is 5.97 Å². The van der Waals surface area contributed by atoms with Gasteiger partial charge in [0.05, 0.1) is 13.2 Å². The van der Waals surface area contributed by atoms with Crippen molar-refractivity contribution >= 4 is 5.97 Å². The van der Waals surface area contributed by atoms with E-state index in [1.54, 1.807) is 0 Å². The first-order valence-corrected chi connectivity index (χ1v) is 7.40. The Labute approximate surface area is 115 Å². The predicted octanol–water partition coefficient (Wildman–Crippen LogP) is 0.783. The van der Waals surface area contributed by atoms with Crippen LogP contribution in [-0.4, -0.2) is 62.4 Å². The van der Waals surface area contributed by atoms with E-state index in [4.69, 9.17) is 9.47 Å². The minimum absolute atomic E-state index is 0.0916. The van der Waals surface area contributed by atoms with E-state index in [9.17, 15) is 4.79 Å². The van der Waals surface area contributed by atoms with E-state index in [0.717, 1.165) is 52.0 Å². The smallest absolute Gasteiger partial charge is 0.326 e. The van der Waals surface area contributed by atoms with Gasteiger partial charge in [0.2, 0.25) is 0 Å². The van der Waals surface area contributed by atoms with Crippen molar-refractivity contribution in [1.82, 2.24) is 10.2 Å². The first-order valence-electron chi connectivity index (χ1n) is 7.40. The minimum atomic E-state index is -0.478. The van der Waals surface area contributed by atoms with Crippen LogP contribution in [0.2, 0.25) is 0 Å². The van der Waals surface area contributed by atoms with Gasteiger partial charge in [0, 0.05) is 25.7 Å². The number of rotatable bonds is 4. The second-order valence-corrected chi connectivity index (χ2v) is 5.45. The van der Waals surface area contributed by atoms with Crippen LogP contribution in [0.5, 0.6) is 0 Å². The molecule has 19 heavy (non-hydrogen) atoms. The molecular formula is C14H26N2O3. The average molecular weight is 270 g/mol. The number of carbonyl (C=O) groups is 1. The van der Waals surface area contributed by atoms with E-state index in [1.165, 1.54) is 0 Å². The Balaban J connectivity index is 1.97. The van der Waals surface area contributed by atoms with Gasteiger partial charge in [-0.25, -0.2) is 0 Å². The van der Waals surface area contributed by atoms with E-state index < -0.39 is 5.54 Å².